The third-order valence-corrected chi connectivity index (χ3v) is 9.50. The number of aliphatic hydroxyl groups excluding tert-OH is 1. The van der Waals surface area contributed by atoms with Crippen molar-refractivity contribution in [2.24, 2.45) is 28.6 Å². The van der Waals surface area contributed by atoms with Gasteiger partial charge < -0.3 is 14.6 Å². The Labute approximate surface area is 207 Å². The fourth-order valence-electron chi connectivity index (χ4n) is 7.85. The number of allylic oxidation sites excluding steroid dienone is 4. The van der Waals surface area contributed by atoms with Gasteiger partial charge in [0.25, 0.3) is 0 Å². The summed E-state index contributed by atoms with van der Waals surface area (Å²) in [6.07, 6.45) is 9.17. The smallest absolute Gasteiger partial charge is 0.306 e. The summed E-state index contributed by atoms with van der Waals surface area (Å²) in [6, 6.07) is 0. The molecule has 4 rings (SSSR count). The van der Waals surface area contributed by atoms with Gasteiger partial charge in [-0.05, 0) is 62.5 Å². The summed E-state index contributed by atoms with van der Waals surface area (Å²) in [5, 5.41) is 11.6. The Balaban J connectivity index is 1.70. The van der Waals surface area contributed by atoms with Crippen LogP contribution in [-0.2, 0) is 28.7 Å². The van der Waals surface area contributed by atoms with E-state index in [9.17, 15) is 24.3 Å². The summed E-state index contributed by atoms with van der Waals surface area (Å²) in [5.41, 5.74) is -1.56. The van der Waals surface area contributed by atoms with Crippen molar-refractivity contribution in [2.75, 3.05) is 6.61 Å². The fourth-order valence-corrected chi connectivity index (χ4v) is 7.85. The topological polar surface area (TPSA) is 107 Å². The number of unbranched alkanes of at least 4 members (excludes halogenated alkanes) is 1. The molecule has 4 aliphatic carbocycles. The van der Waals surface area contributed by atoms with Gasteiger partial charge in [-0.15, -0.1) is 0 Å². The minimum absolute atomic E-state index is 0.0130. The molecule has 0 aromatic rings. The molecule has 3 unspecified atom stereocenters. The minimum Gasteiger partial charge on any atom is -0.458 e. The van der Waals surface area contributed by atoms with Crippen LogP contribution in [-0.4, -0.2) is 46.9 Å². The maximum absolute atomic E-state index is 13.6. The van der Waals surface area contributed by atoms with Crippen LogP contribution < -0.4 is 0 Å². The Kier molecular flexibility index (Phi) is 6.86. The molecule has 0 bridgehead atoms. The highest BCUT2D eigenvalue weighted by atomic mass is 16.6. The molecule has 0 aromatic heterocycles. The largest absolute Gasteiger partial charge is 0.458 e. The van der Waals surface area contributed by atoms with Crippen LogP contribution in [0.4, 0.5) is 0 Å². The summed E-state index contributed by atoms with van der Waals surface area (Å²) >= 11 is 0. The highest BCUT2D eigenvalue weighted by Gasteiger charge is 2.70. The van der Waals surface area contributed by atoms with Crippen LogP contribution in [0.25, 0.3) is 0 Å². The number of hydrogen-bond donors (Lipinski definition) is 1. The second-order valence-electron chi connectivity index (χ2n) is 11.4. The monoisotopic (exact) mass is 486 g/mol. The van der Waals surface area contributed by atoms with Gasteiger partial charge in [-0.3, -0.25) is 19.2 Å². The maximum Gasteiger partial charge on any atom is 0.306 e. The van der Waals surface area contributed by atoms with Crippen LogP contribution in [0.3, 0.4) is 0 Å². The van der Waals surface area contributed by atoms with Crippen molar-refractivity contribution in [3.05, 3.63) is 23.8 Å². The number of rotatable bonds is 7. The first-order valence-electron chi connectivity index (χ1n) is 13.0. The van der Waals surface area contributed by atoms with E-state index in [4.69, 9.17) is 9.47 Å². The van der Waals surface area contributed by atoms with Gasteiger partial charge in [0, 0.05) is 30.1 Å². The van der Waals surface area contributed by atoms with E-state index in [0.717, 1.165) is 24.8 Å². The number of aliphatic hydroxyl groups is 1. The van der Waals surface area contributed by atoms with Crippen LogP contribution >= 0.6 is 0 Å². The molecule has 0 spiro atoms. The zero-order chi connectivity index (χ0) is 25.6. The molecule has 0 radical (unpaired) electrons. The lowest BCUT2D eigenvalue weighted by Crippen LogP contribution is -2.63. The number of hydrogen-bond acceptors (Lipinski definition) is 7. The summed E-state index contributed by atoms with van der Waals surface area (Å²) in [6.45, 7) is 6.86. The van der Waals surface area contributed by atoms with Crippen molar-refractivity contribution in [3.63, 3.8) is 0 Å². The van der Waals surface area contributed by atoms with Crippen LogP contribution in [0.5, 0.6) is 0 Å². The third-order valence-electron chi connectivity index (χ3n) is 9.50. The predicted octanol–water partition coefficient (Wildman–Crippen LogP) is 3.87. The molecule has 0 saturated heterocycles. The maximum atomic E-state index is 13.6. The van der Waals surface area contributed by atoms with E-state index in [1.165, 1.54) is 6.92 Å². The van der Waals surface area contributed by atoms with E-state index < -0.39 is 46.9 Å². The highest BCUT2D eigenvalue weighted by Crippen LogP contribution is 2.67. The zero-order valence-electron chi connectivity index (χ0n) is 21.3. The van der Waals surface area contributed by atoms with Gasteiger partial charge in [-0.25, -0.2) is 0 Å². The molecule has 3 fully saturated rings. The molecule has 0 heterocycles. The van der Waals surface area contributed by atoms with Crippen molar-refractivity contribution >= 4 is 23.5 Å². The second-order valence-corrected chi connectivity index (χ2v) is 11.4. The number of ether oxygens (including phenoxy) is 2. The van der Waals surface area contributed by atoms with E-state index in [1.807, 2.05) is 19.9 Å². The molecule has 0 aromatic carbocycles. The molecule has 7 heteroatoms. The second kappa shape index (κ2) is 9.30. The molecule has 35 heavy (non-hydrogen) atoms. The predicted molar refractivity (Wildman–Crippen MR) is 128 cm³/mol. The van der Waals surface area contributed by atoms with E-state index >= 15 is 0 Å². The van der Waals surface area contributed by atoms with E-state index in [0.29, 0.717) is 25.7 Å². The lowest BCUT2D eigenvalue weighted by molar-refractivity contribution is -0.201. The van der Waals surface area contributed by atoms with Gasteiger partial charge >= 0.3 is 11.9 Å². The van der Waals surface area contributed by atoms with Crippen LogP contribution in [0, 0.1) is 28.6 Å². The lowest BCUT2D eigenvalue weighted by atomic mass is 9.46. The first-order valence-corrected chi connectivity index (χ1v) is 13.0. The number of carbonyl (C=O) groups is 4. The van der Waals surface area contributed by atoms with Crippen LogP contribution in [0.1, 0.15) is 79.1 Å². The summed E-state index contributed by atoms with van der Waals surface area (Å²) in [5.74, 6) is -1.31. The standard InChI is InChI=1S/C28H38O7/c1-5-6-7-24(33)35-28(23(32)16-34-17(2)29)13-11-21-20-9-8-18-14-19(30)10-12-26(18,3)25(20)22(31)15-27(21,28)4/h10,12,14,20-22,25,31H,5-9,11,13,15-16H2,1-4H3/t20?,21?,22-,25?,26-,27-,28-/m0/s1. The Morgan fingerprint density at radius 2 is 1.94 bits per heavy atom. The van der Waals surface area contributed by atoms with E-state index in [1.54, 1.807) is 12.2 Å². The van der Waals surface area contributed by atoms with Crippen LogP contribution in [0.15, 0.2) is 23.8 Å². The minimum atomic E-state index is -1.43. The van der Waals surface area contributed by atoms with Gasteiger partial charge in [0.1, 0.15) is 0 Å². The normalized spacial score (nSPS) is 39.7. The quantitative estimate of drug-likeness (QED) is 0.544. The van der Waals surface area contributed by atoms with Gasteiger partial charge in [0.2, 0.25) is 5.78 Å². The summed E-state index contributed by atoms with van der Waals surface area (Å²) < 4.78 is 11.1. The van der Waals surface area contributed by atoms with Crippen LogP contribution in [0.2, 0.25) is 0 Å². The highest BCUT2D eigenvalue weighted by molar-refractivity contribution is 6.01. The molecule has 0 aliphatic heterocycles. The van der Waals surface area contributed by atoms with Crippen molar-refractivity contribution in [1.82, 2.24) is 0 Å². The SMILES string of the molecule is CCCCC(=O)O[C@]1(C(=O)COC(C)=O)CCC2C3CCC4=CC(=O)C=C[C@]4(C)C3[C@@H](O)C[C@@]21C. The molecule has 192 valence electrons. The lowest BCUT2D eigenvalue weighted by Gasteiger charge is -2.59. The van der Waals surface area contributed by atoms with Crippen molar-refractivity contribution < 1.29 is 33.8 Å². The summed E-state index contributed by atoms with van der Waals surface area (Å²) in [7, 11) is 0. The molecule has 7 atom stereocenters. The Bertz CT molecular complexity index is 980. The molecule has 4 aliphatic rings. The Morgan fingerprint density at radius 3 is 2.63 bits per heavy atom. The van der Waals surface area contributed by atoms with E-state index in [2.05, 4.69) is 6.92 Å². The van der Waals surface area contributed by atoms with Gasteiger partial charge in [0.15, 0.2) is 18.0 Å². The van der Waals surface area contributed by atoms with Crippen molar-refractivity contribution in [3.8, 4) is 0 Å². The first kappa shape index (κ1) is 25.8. The molecular formula is C28H38O7. The number of ketones is 2. The molecule has 3 saturated carbocycles. The number of carbonyl (C=O) groups excluding carboxylic acids is 4. The molecule has 7 nitrogen and oxygen atoms in total. The third kappa shape index (κ3) is 4.09. The van der Waals surface area contributed by atoms with Gasteiger partial charge in [0.05, 0.1) is 6.10 Å². The van der Waals surface area contributed by atoms with Gasteiger partial charge in [-0.1, -0.05) is 38.8 Å². The molecular weight excluding hydrogens is 448 g/mol. The zero-order valence-corrected chi connectivity index (χ0v) is 21.3. The number of Topliss-reactive ketones (excluding diaryl/α,β-unsaturated/α-hetero) is 1. The van der Waals surface area contributed by atoms with Gasteiger partial charge in [-0.2, -0.15) is 0 Å². The average Bonchev–Trinajstić information content (AvgIpc) is 3.08. The number of fused-ring (bicyclic) bond motifs is 5. The average molecular weight is 487 g/mol. The molecule has 1 N–H and O–H groups in total. The Morgan fingerprint density at radius 1 is 1.20 bits per heavy atom. The Hall–Kier alpha value is -2.28. The molecule has 0 amide bonds. The first-order chi connectivity index (χ1) is 16.5. The van der Waals surface area contributed by atoms with Crippen molar-refractivity contribution in [1.29, 1.82) is 0 Å². The van der Waals surface area contributed by atoms with Crippen molar-refractivity contribution in [2.45, 2.75) is 90.8 Å². The summed E-state index contributed by atoms with van der Waals surface area (Å²) in [4.78, 5) is 50.0. The number of esters is 2. The fraction of sp³-hybridized carbons (Fsp3) is 0.714. The van der Waals surface area contributed by atoms with E-state index in [-0.39, 0.29) is 30.0 Å².